The lowest BCUT2D eigenvalue weighted by Crippen LogP contribution is -1.98. The summed E-state index contributed by atoms with van der Waals surface area (Å²) in [5.41, 5.74) is 6.39. The van der Waals surface area contributed by atoms with Crippen molar-refractivity contribution in [2.45, 2.75) is 26.2 Å². The summed E-state index contributed by atoms with van der Waals surface area (Å²) < 4.78 is 0. The lowest BCUT2D eigenvalue weighted by Gasteiger charge is -1.97. The van der Waals surface area contributed by atoms with Gasteiger partial charge in [0.25, 0.3) is 0 Å². The Kier molecular flexibility index (Phi) is 5.62. The third-order valence-corrected chi connectivity index (χ3v) is 1.14. The first kappa shape index (κ1) is 9.07. The number of unbranched alkanes of at least 4 members (excludes halogenated alkanes) is 1. The predicted octanol–water partition coefficient (Wildman–Crippen LogP) is 2.17. The van der Waals surface area contributed by atoms with E-state index in [9.17, 15) is 0 Å². The molecule has 0 fully saturated rings. The summed E-state index contributed by atoms with van der Waals surface area (Å²) in [4.78, 5) is 8.33. The third-order valence-electron chi connectivity index (χ3n) is 1.14. The standard InChI is InChI=1S/C6H13N3O/c1-3-4-5-6(8-2)10-9-7/h7H,3-5H2,1-2H3. The second kappa shape index (κ2) is 6.19. The number of aliphatic imine (C=N–C) groups is 1. The van der Waals surface area contributed by atoms with Gasteiger partial charge in [0, 0.05) is 18.7 Å². The minimum Gasteiger partial charge on any atom is -0.324 e. The number of hydrogen-bond acceptors (Lipinski definition) is 4. The van der Waals surface area contributed by atoms with Crippen molar-refractivity contribution >= 4 is 5.90 Å². The van der Waals surface area contributed by atoms with Crippen molar-refractivity contribution in [3.05, 3.63) is 0 Å². The zero-order valence-corrected chi connectivity index (χ0v) is 6.42. The second-order valence-corrected chi connectivity index (χ2v) is 1.90. The van der Waals surface area contributed by atoms with Crippen LogP contribution >= 0.6 is 0 Å². The van der Waals surface area contributed by atoms with Gasteiger partial charge in [0.05, 0.1) is 0 Å². The highest BCUT2D eigenvalue weighted by molar-refractivity contribution is 5.75. The molecule has 0 heterocycles. The highest BCUT2D eigenvalue weighted by Gasteiger charge is 1.96. The van der Waals surface area contributed by atoms with Gasteiger partial charge in [-0.1, -0.05) is 13.3 Å². The van der Waals surface area contributed by atoms with Gasteiger partial charge in [-0.05, 0) is 6.42 Å². The summed E-state index contributed by atoms with van der Waals surface area (Å²) in [5.74, 6) is 0.539. The molecule has 0 saturated carbocycles. The molecular formula is C6H13N3O. The van der Waals surface area contributed by atoms with Gasteiger partial charge in [-0.25, -0.2) is 0 Å². The maximum absolute atomic E-state index is 6.39. The van der Waals surface area contributed by atoms with E-state index < -0.39 is 0 Å². The molecule has 0 aliphatic rings. The summed E-state index contributed by atoms with van der Waals surface area (Å²) in [7, 11) is 1.64. The van der Waals surface area contributed by atoms with Crippen LogP contribution in [0.3, 0.4) is 0 Å². The Morgan fingerprint density at radius 1 is 1.60 bits per heavy atom. The SMILES string of the molecule is CCCCC(=NC)ON=N. The maximum atomic E-state index is 6.39. The van der Waals surface area contributed by atoms with Crippen LogP contribution in [0.4, 0.5) is 0 Å². The average molecular weight is 143 g/mol. The molecule has 4 nitrogen and oxygen atoms in total. The van der Waals surface area contributed by atoms with E-state index in [0.29, 0.717) is 5.90 Å². The highest BCUT2D eigenvalue weighted by Crippen LogP contribution is 1.98. The fraction of sp³-hybridized carbons (Fsp3) is 0.833. The molecule has 0 aliphatic carbocycles. The van der Waals surface area contributed by atoms with Crippen LogP contribution in [0, 0.1) is 5.53 Å². The Hall–Kier alpha value is -0.930. The number of rotatable bonds is 4. The first-order valence-electron chi connectivity index (χ1n) is 3.34. The van der Waals surface area contributed by atoms with Gasteiger partial charge in [0.1, 0.15) is 0 Å². The number of hydrogen-bond donors (Lipinski definition) is 1. The molecule has 0 unspecified atom stereocenters. The topological polar surface area (TPSA) is 57.8 Å². The van der Waals surface area contributed by atoms with Gasteiger partial charge in [-0.2, -0.15) is 5.53 Å². The largest absolute Gasteiger partial charge is 0.324 e. The molecule has 0 aromatic heterocycles. The monoisotopic (exact) mass is 143 g/mol. The Balaban J connectivity index is 3.51. The number of nitrogens with one attached hydrogen (secondary N) is 1. The van der Waals surface area contributed by atoms with E-state index in [0.717, 1.165) is 19.3 Å². The summed E-state index contributed by atoms with van der Waals surface area (Å²) in [6.45, 7) is 2.09. The molecule has 0 spiro atoms. The second-order valence-electron chi connectivity index (χ2n) is 1.90. The third kappa shape index (κ3) is 4.00. The van der Waals surface area contributed by atoms with Gasteiger partial charge in [0.2, 0.25) is 5.90 Å². The minimum atomic E-state index is 0.539. The first-order valence-corrected chi connectivity index (χ1v) is 3.34. The van der Waals surface area contributed by atoms with Gasteiger partial charge in [-0.15, -0.1) is 0 Å². The van der Waals surface area contributed by atoms with Crippen molar-refractivity contribution < 1.29 is 4.84 Å². The van der Waals surface area contributed by atoms with Crippen molar-refractivity contribution in [2.24, 2.45) is 10.3 Å². The van der Waals surface area contributed by atoms with Crippen molar-refractivity contribution in [1.82, 2.24) is 0 Å². The summed E-state index contributed by atoms with van der Waals surface area (Å²) in [5, 5.41) is 2.78. The van der Waals surface area contributed by atoms with E-state index in [4.69, 9.17) is 5.53 Å². The molecule has 0 rings (SSSR count). The normalized spacial score (nSPS) is 11.2. The molecule has 58 valence electrons. The van der Waals surface area contributed by atoms with Crippen molar-refractivity contribution in [3.63, 3.8) is 0 Å². The Labute approximate surface area is 60.8 Å². The van der Waals surface area contributed by atoms with Crippen LogP contribution in [0.1, 0.15) is 26.2 Å². The molecule has 0 aliphatic heterocycles. The van der Waals surface area contributed by atoms with Crippen LogP contribution in [0.15, 0.2) is 10.3 Å². The first-order chi connectivity index (χ1) is 4.85. The molecular weight excluding hydrogens is 130 g/mol. The fourth-order valence-corrected chi connectivity index (χ4v) is 0.579. The van der Waals surface area contributed by atoms with E-state index in [-0.39, 0.29) is 0 Å². The summed E-state index contributed by atoms with van der Waals surface area (Å²) in [6.07, 6.45) is 2.90. The van der Waals surface area contributed by atoms with Crippen molar-refractivity contribution in [1.29, 1.82) is 5.53 Å². The number of nitrogens with zero attached hydrogens (tertiary/aromatic N) is 2. The molecule has 0 aromatic carbocycles. The quantitative estimate of drug-likeness (QED) is 0.279. The molecule has 1 N–H and O–H groups in total. The summed E-state index contributed by atoms with van der Waals surface area (Å²) >= 11 is 0. The molecule has 0 atom stereocenters. The fourth-order valence-electron chi connectivity index (χ4n) is 0.579. The van der Waals surface area contributed by atoms with Crippen LogP contribution in [0.5, 0.6) is 0 Å². The molecule has 0 saturated heterocycles. The Morgan fingerprint density at radius 2 is 2.30 bits per heavy atom. The van der Waals surface area contributed by atoms with Crippen LogP contribution in [0.25, 0.3) is 0 Å². The maximum Gasteiger partial charge on any atom is 0.221 e. The predicted molar refractivity (Wildman–Crippen MR) is 39.1 cm³/mol. The molecule has 0 bridgehead atoms. The molecule has 4 heteroatoms. The summed E-state index contributed by atoms with van der Waals surface area (Å²) in [6, 6.07) is 0. The van der Waals surface area contributed by atoms with E-state index >= 15 is 0 Å². The minimum absolute atomic E-state index is 0.539. The highest BCUT2D eigenvalue weighted by atomic mass is 16.6. The molecule has 10 heavy (non-hydrogen) atoms. The molecule has 0 radical (unpaired) electrons. The van der Waals surface area contributed by atoms with Gasteiger partial charge >= 0.3 is 0 Å². The lowest BCUT2D eigenvalue weighted by atomic mass is 10.2. The van der Waals surface area contributed by atoms with Crippen molar-refractivity contribution in [3.8, 4) is 0 Å². The van der Waals surface area contributed by atoms with Crippen LogP contribution in [-0.4, -0.2) is 12.9 Å². The lowest BCUT2D eigenvalue weighted by molar-refractivity contribution is 0.274. The van der Waals surface area contributed by atoms with E-state index in [1.54, 1.807) is 7.05 Å². The van der Waals surface area contributed by atoms with Gasteiger partial charge in [0.15, 0.2) is 0 Å². The molecule has 0 amide bonds. The smallest absolute Gasteiger partial charge is 0.221 e. The average Bonchev–Trinajstić information content (AvgIpc) is 1.98. The van der Waals surface area contributed by atoms with E-state index in [1.807, 2.05) is 0 Å². The Bertz CT molecular complexity index is 122. The zero-order chi connectivity index (χ0) is 7.82. The molecule has 0 aromatic rings. The van der Waals surface area contributed by atoms with Gasteiger partial charge in [-0.3, -0.25) is 4.99 Å². The van der Waals surface area contributed by atoms with Crippen molar-refractivity contribution in [2.75, 3.05) is 7.05 Å². The zero-order valence-electron chi connectivity index (χ0n) is 6.42. The van der Waals surface area contributed by atoms with E-state index in [2.05, 4.69) is 22.0 Å². The van der Waals surface area contributed by atoms with Crippen LogP contribution < -0.4 is 0 Å². The Morgan fingerprint density at radius 3 is 2.70 bits per heavy atom. The van der Waals surface area contributed by atoms with E-state index in [1.165, 1.54) is 0 Å². The van der Waals surface area contributed by atoms with Crippen LogP contribution in [-0.2, 0) is 4.84 Å². The van der Waals surface area contributed by atoms with Gasteiger partial charge < -0.3 is 4.84 Å². The van der Waals surface area contributed by atoms with Crippen LogP contribution in [0.2, 0.25) is 0 Å².